The molecule has 2 fully saturated rings. The summed E-state index contributed by atoms with van der Waals surface area (Å²) in [4.78, 5) is 37.8. The molecule has 0 aromatic heterocycles. The molecule has 1 saturated carbocycles. The highest BCUT2D eigenvalue weighted by Crippen LogP contribution is 2.45. The van der Waals surface area contributed by atoms with Crippen LogP contribution in [0.3, 0.4) is 0 Å². The van der Waals surface area contributed by atoms with Gasteiger partial charge in [0.05, 0.1) is 5.69 Å². The molecule has 1 aliphatic heterocycles. The number of carbonyl (C=O) groups excluding carboxylic acids is 3. The molecule has 2 aliphatic rings. The highest BCUT2D eigenvalue weighted by molar-refractivity contribution is 6.30. The highest BCUT2D eigenvalue weighted by Gasteiger charge is 2.57. The number of carbonyl (C=O) groups is 3. The Kier molecular flexibility index (Phi) is 2.67. The van der Waals surface area contributed by atoms with E-state index in [2.05, 4.69) is 5.32 Å². The number of benzene rings is 1. The van der Waals surface area contributed by atoms with E-state index in [-0.39, 0.29) is 5.91 Å². The minimum atomic E-state index is -1.02. The van der Waals surface area contributed by atoms with Crippen molar-refractivity contribution in [2.75, 3.05) is 4.90 Å². The van der Waals surface area contributed by atoms with Gasteiger partial charge in [-0.2, -0.15) is 0 Å². The normalized spacial score (nSPS) is 20.9. The van der Waals surface area contributed by atoms with Crippen molar-refractivity contribution in [3.63, 3.8) is 0 Å². The topological polar surface area (TPSA) is 66.5 Å². The lowest BCUT2D eigenvalue weighted by Gasteiger charge is -2.44. The van der Waals surface area contributed by atoms with E-state index in [0.29, 0.717) is 18.5 Å². The SMILES string of the molecule is Cc1ccc(N2C(=O)NC(=O)C3(CCC3)C2=O)c(C)c1. The van der Waals surface area contributed by atoms with Crippen molar-refractivity contribution in [2.45, 2.75) is 33.1 Å². The first-order chi connectivity index (χ1) is 9.45. The molecule has 5 heteroatoms. The first kappa shape index (κ1) is 12.8. The van der Waals surface area contributed by atoms with Gasteiger partial charge in [0.1, 0.15) is 5.41 Å². The fraction of sp³-hybridized carbons (Fsp3) is 0.400. The lowest BCUT2D eigenvalue weighted by molar-refractivity contribution is -0.148. The van der Waals surface area contributed by atoms with Crippen molar-refractivity contribution in [2.24, 2.45) is 5.41 Å². The van der Waals surface area contributed by atoms with Gasteiger partial charge in [-0.1, -0.05) is 24.1 Å². The molecule has 104 valence electrons. The molecule has 1 heterocycles. The molecule has 1 saturated heterocycles. The van der Waals surface area contributed by atoms with E-state index >= 15 is 0 Å². The Morgan fingerprint density at radius 2 is 1.85 bits per heavy atom. The lowest BCUT2D eigenvalue weighted by atomic mass is 9.66. The Morgan fingerprint density at radius 1 is 1.15 bits per heavy atom. The molecule has 1 aromatic rings. The van der Waals surface area contributed by atoms with Crippen LogP contribution >= 0.6 is 0 Å². The molecule has 0 unspecified atom stereocenters. The smallest absolute Gasteiger partial charge is 0.276 e. The second-order valence-electron chi connectivity index (χ2n) is 5.63. The van der Waals surface area contributed by atoms with Gasteiger partial charge in [0, 0.05) is 0 Å². The van der Waals surface area contributed by atoms with Crippen molar-refractivity contribution < 1.29 is 14.4 Å². The minimum Gasteiger partial charge on any atom is -0.276 e. The molecule has 1 N–H and O–H groups in total. The molecule has 1 spiro atoms. The average molecular weight is 272 g/mol. The first-order valence-electron chi connectivity index (χ1n) is 6.73. The van der Waals surface area contributed by atoms with Gasteiger partial charge in [-0.05, 0) is 38.3 Å². The number of aryl methyl sites for hydroxylation is 2. The van der Waals surface area contributed by atoms with E-state index in [1.165, 1.54) is 0 Å². The predicted molar refractivity (Wildman–Crippen MR) is 73.2 cm³/mol. The lowest BCUT2D eigenvalue weighted by Crippen LogP contribution is -2.66. The zero-order valence-corrected chi connectivity index (χ0v) is 11.5. The Bertz CT molecular complexity index is 632. The number of rotatable bonds is 1. The molecule has 0 radical (unpaired) electrons. The maximum atomic E-state index is 12.6. The highest BCUT2D eigenvalue weighted by atomic mass is 16.2. The Labute approximate surface area is 116 Å². The first-order valence-corrected chi connectivity index (χ1v) is 6.73. The van der Waals surface area contributed by atoms with Crippen molar-refractivity contribution in [3.8, 4) is 0 Å². The summed E-state index contributed by atoms with van der Waals surface area (Å²) in [6, 6.07) is 4.88. The molecule has 3 rings (SSSR count). The number of nitrogens with one attached hydrogen (secondary N) is 1. The zero-order chi connectivity index (χ0) is 14.5. The summed E-state index contributed by atoms with van der Waals surface area (Å²) in [6.07, 6.45) is 1.88. The maximum Gasteiger partial charge on any atom is 0.335 e. The Morgan fingerprint density at radius 3 is 2.40 bits per heavy atom. The van der Waals surface area contributed by atoms with Crippen LogP contribution in [0.1, 0.15) is 30.4 Å². The van der Waals surface area contributed by atoms with Crippen LogP contribution in [0, 0.1) is 19.3 Å². The molecule has 4 amide bonds. The second kappa shape index (κ2) is 4.16. The van der Waals surface area contributed by atoms with Crippen LogP contribution in [-0.2, 0) is 9.59 Å². The minimum absolute atomic E-state index is 0.385. The fourth-order valence-electron chi connectivity index (χ4n) is 2.92. The third kappa shape index (κ3) is 1.59. The van der Waals surface area contributed by atoms with Gasteiger partial charge in [-0.15, -0.1) is 0 Å². The fourth-order valence-corrected chi connectivity index (χ4v) is 2.92. The predicted octanol–water partition coefficient (Wildman–Crippen LogP) is 2.06. The quantitative estimate of drug-likeness (QED) is 0.796. The summed E-state index contributed by atoms with van der Waals surface area (Å²) >= 11 is 0. The molecular formula is C15H16N2O3. The van der Waals surface area contributed by atoms with Crippen molar-refractivity contribution in [1.82, 2.24) is 5.32 Å². The summed E-state index contributed by atoms with van der Waals surface area (Å²) in [5.41, 5.74) is 1.44. The van der Waals surface area contributed by atoms with Crippen molar-refractivity contribution in [1.29, 1.82) is 0 Å². The number of amides is 4. The molecule has 1 aliphatic carbocycles. The molecule has 0 bridgehead atoms. The Hall–Kier alpha value is -2.17. The summed E-state index contributed by atoms with van der Waals surface area (Å²) < 4.78 is 0. The van der Waals surface area contributed by atoms with Gasteiger partial charge in [0.25, 0.3) is 5.91 Å². The largest absolute Gasteiger partial charge is 0.335 e. The van der Waals surface area contributed by atoms with Crippen molar-refractivity contribution >= 4 is 23.5 Å². The van der Waals surface area contributed by atoms with Crippen LogP contribution in [-0.4, -0.2) is 17.8 Å². The van der Waals surface area contributed by atoms with Gasteiger partial charge < -0.3 is 0 Å². The molecule has 5 nitrogen and oxygen atoms in total. The number of imide groups is 2. The van der Waals surface area contributed by atoms with Gasteiger partial charge in [0.2, 0.25) is 5.91 Å². The molecule has 0 atom stereocenters. The maximum absolute atomic E-state index is 12.6. The van der Waals surface area contributed by atoms with Crippen LogP contribution in [0.4, 0.5) is 10.5 Å². The number of hydrogen-bond acceptors (Lipinski definition) is 3. The summed E-state index contributed by atoms with van der Waals surface area (Å²) in [7, 11) is 0. The molecule has 20 heavy (non-hydrogen) atoms. The third-order valence-electron chi connectivity index (χ3n) is 4.27. The summed E-state index contributed by atoms with van der Waals surface area (Å²) in [5, 5.41) is 2.32. The van der Waals surface area contributed by atoms with E-state index in [0.717, 1.165) is 22.4 Å². The van der Waals surface area contributed by atoms with Crippen LogP contribution in [0.15, 0.2) is 18.2 Å². The second-order valence-corrected chi connectivity index (χ2v) is 5.63. The van der Waals surface area contributed by atoms with Crippen LogP contribution < -0.4 is 10.2 Å². The standard InChI is InChI=1S/C15H16N2O3/c1-9-4-5-11(10(2)8-9)17-13(19)15(6-3-7-15)12(18)16-14(17)20/h4-5,8H,3,6-7H2,1-2H3,(H,16,18,20). The number of hydrogen-bond donors (Lipinski definition) is 1. The van der Waals surface area contributed by atoms with E-state index in [9.17, 15) is 14.4 Å². The van der Waals surface area contributed by atoms with Gasteiger partial charge in [-0.25, -0.2) is 9.69 Å². The molecular weight excluding hydrogens is 256 g/mol. The van der Waals surface area contributed by atoms with E-state index < -0.39 is 17.4 Å². The number of barbiturate groups is 1. The van der Waals surface area contributed by atoms with Crippen LogP contribution in [0.2, 0.25) is 0 Å². The van der Waals surface area contributed by atoms with Gasteiger partial charge in [0.15, 0.2) is 0 Å². The number of anilines is 1. The molecule has 1 aromatic carbocycles. The van der Waals surface area contributed by atoms with E-state index in [1.54, 1.807) is 6.07 Å². The average Bonchev–Trinajstić information content (AvgIpc) is 2.29. The summed E-state index contributed by atoms with van der Waals surface area (Å²) in [5.74, 6) is -0.829. The third-order valence-corrected chi connectivity index (χ3v) is 4.27. The number of urea groups is 1. The Balaban J connectivity index is 2.05. The van der Waals surface area contributed by atoms with Gasteiger partial charge >= 0.3 is 6.03 Å². The van der Waals surface area contributed by atoms with E-state index in [4.69, 9.17) is 0 Å². The number of nitrogens with zero attached hydrogens (tertiary/aromatic N) is 1. The zero-order valence-electron chi connectivity index (χ0n) is 11.5. The van der Waals surface area contributed by atoms with Crippen LogP contribution in [0.25, 0.3) is 0 Å². The van der Waals surface area contributed by atoms with E-state index in [1.807, 2.05) is 26.0 Å². The van der Waals surface area contributed by atoms with Crippen molar-refractivity contribution in [3.05, 3.63) is 29.3 Å². The monoisotopic (exact) mass is 272 g/mol. The summed E-state index contributed by atoms with van der Waals surface area (Å²) in [6.45, 7) is 3.80. The van der Waals surface area contributed by atoms with Crippen LogP contribution in [0.5, 0.6) is 0 Å². The van der Waals surface area contributed by atoms with Gasteiger partial charge in [-0.3, -0.25) is 14.9 Å².